The van der Waals surface area contributed by atoms with E-state index in [2.05, 4.69) is 11.1 Å². The highest BCUT2D eigenvalue weighted by Crippen LogP contribution is 1.92. The van der Waals surface area contributed by atoms with Crippen LogP contribution in [0.3, 0.4) is 0 Å². The van der Waals surface area contributed by atoms with Gasteiger partial charge in [-0.05, 0) is 17.4 Å². The van der Waals surface area contributed by atoms with Crippen molar-refractivity contribution in [2.75, 3.05) is 0 Å². The van der Waals surface area contributed by atoms with Crippen molar-refractivity contribution in [3.05, 3.63) is 34.8 Å². The van der Waals surface area contributed by atoms with Crippen LogP contribution in [0.5, 0.6) is 0 Å². The molecule has 1 aromatic rings. The highest BCUT2D eigenvalue weighted by molar-refractivity contribution is 5.39. The van der Waals surface area contributed by atoms with Gasteiger partial charge in [-0.2, -0.15) is 5.26 Å². The van der Waals surface area contributed by atoms with Gasteiger partial charge in [0, 0.05) is 0 Å². The molecule has 0 N–H and O–H groups in total. The Kier molecular flexibility index (Phi) is 1.23. The van der Waals surface area contributed by atoms with Gasteiger partial charge in [0.25, 0.3) is 0 Å². The van der Waals surface area contributed by atoms with E-state index in [1.807, 2.05) is 30.3 Å². The van der Waals surface area contributed by atoms with Crippen molar-refractivity contribution < 1.29 is 0 Å². The summed E-state index contributed by atoms with van der Waals surface area (Å²) < 4.78 is 0. The van der Waals surface area contributed by atoms with Crippen LogP contribution in [0.15, 0.2) is 29.3 Å². The second-order valence-corrected chi connectivity index (χ2v) is 2.43. The molecule has 0 saturated heterocycles. The van der Waals surface area contributed by atoms with Crippen molar-refractivity contribution in [2.45, 2.75) is 6.04 Å². The molecule has 2 heteroatoms. The van der Waals surface area contributed by atoms with E-state index in [1.54, 1.807) is 0 Å². The fraction of sp³-hybridized carbons (Fsp3) is 0.111. The van der Waals surface area contributed by atoms with E-state index < -0.39 is 0 Å². The molecule has 1 unspecified atom stereocenters. The van der Waals surface area contributed by atoms with E-state index >= 15 is 0 Å². The van der Waals surface area contributed by atoms with E-state index in [0.29, 0.717) is 0 Å². The SMILES string of the molecule is N#CC1C=c2ccccc2=N1. The van der Waals surface area contributed by atoms with Gasteiger partial charge < -0.3 is 0 Å². The smallest absolute Gasteiger partial charge is 0.156 e. The van der Waals surface area contributed by atoms with Gasteiger partial charge in [-0.3, -0.25) is 4.99 Å². The van der Waals surface area contributed by atoms with Crippen LogP contribution in [0.1, 0.15) is 0 Å². The molecule has 0 aromatic heterocycles. The fourth-order valence-corrected chi connectivity index (χ4v) is 1.17. The van der Waals surface area contributed by atoms with Gasteiger partial charge in [0.15, 0.2) is 6.04 Å². The first kappa shape index (κ1) is 6.11. The third-order valence-corrected chi connectivity index (χ3v) is 1.68. The van der Waals surface area contributed by atoms with Crippen LogP contribution < -0.4 is 10.6 Å². The first-order valence-corrected chi connectivity index (χ1v) is 3.44. The van der Waals surface area contributed by atoms with Gasteiger partial charge in [-0.1, -0.05) is 18.2 Å². The summed E-state index contributed by atoms with van der Waals surface area (Å²) in [6, 6.07) is 9.58. The number of benzene rings is 1. The Bertz CT molecular complexity index is 391. The zero-order valence-corrected chi connectivity index (χ0v) is 5.86. The Labute approximate surface area is 64.1 Å². The molecule has 0 spiro atoms. The minimum atomic E-state index is -0.271. The summed E-state index contributed by atoms with van der Waals surface area (Å²) in [7, 11) is 0. The first-order valence-electron chi connectivity index (χ1n) is 3.44. The Morgan fingerprint density at radius 3 is 2.91 bits per heavy atom. The van der Waals surface area contributed by atoms with E-state index in [4.69, 9.17) is 5.26 Å². The zero-order valence-electron chi connectivity index (χ0n) is 5.86. The molecule has 1 aromatic carbocycles. The van der Waals surface area contributed by atoms with Crippen molar-refractivity contribution >= 4 is 6.08 Å². The quantitative estimate of drug-likeness (QED) is 0.502. The predicted octanol–water partition coefficient (Wildman–Crippen LogP) is -0.00752. The van der Waals surface area contributed by atoms with Crippen molar-refractivity contribution in [1.29, 1.82) is 5.26 Å². The highest BCUT2D eigenvalue weighted by atomic mass is 14.8. The third-order valence-electron chi connectivity index (χ3n) is 1.68. The van der Waals surface area contributed by atoms with Crippen LogP contribution in [0, 0.1) is 11.3 Å². The lowest BCUT2D eigenvalue weighted by Gasteiger charge is -1.82. The van der Waals surface area contributed by atoms with E-state index in [9.17, 15) is 0 Å². The summed E-state index contributed by atoms with van der Waals surface area (Å²) in [6.07, 6.45) is 1.87. The maximum atomic E-state index is 8.56. The van der Waals surface area contributed by atoms with Crippen LogP contribution >= 0.6 is 0 Å². The van der Waals surface area contributed by atoms with Gasteiger partial charge in [-0.25, -0.2) is 0 Å². The highest BCUT2D eigenvalue weighted by Gasteiger charge is 2.04. The van der Waals surface area contributed by atoms with E-state index in [1.165, 1.54) is 0 Å². The largest absolute Gasteiger partial charge is 0.262 e. The molecule has 0 saturated carbocycles. The molecule has 0 aliphatic carbocycles. The average molecular weight is 142 g/mol. The van der Waals surface area contributed by atoms with Gasteiger partial charge in [0.2, 0.25) is 0 Å². The summed E-state index contributed by atoms with van der Waals surface area (Å²) >= 11 is 0. The molecule has 0 amide bonds. The summed E-state index contributed by atoms with van der Waals surface area (Å²) in [4.78, 5) is 4.15. The Balaban J connectivity index is 2.73. The van der Waals surface area contributed by atoms with Crippen LogP contribution in [-0.2, 0) is 0 Å². The van der Waals surface area contributed by atoms with Crippen LogP contribution in [0.25, 0.3) is 6.08 Å². The van der Waals surface area contributed by atoms with Crippen molar-refractivity contribution in [3.63, 3.8) is 0 Å². The second-order valence-electron chi connectivity index (χ2n) is 2.43. The van der Waals surface area contributed by atoms with Gasteiger partial charge in [0.1, 0.15) is 0 Å². The van der Waals surface area contributed by atoms with Crippen molar-refractivity contribution in [3.8, 4) is 6.07 Å². The van der Waals surface area contributed by atoms with Gasteiger partial charge in [0.05, 0.1) is 11.4 Å². The molecule has 1 aliphatic heterocycles. The van der Waals surface area contributed by atoms with Crippen molar-refractivity contribution in [1.82, 2.24) is 0 Å². The number of nitrogens with zero attached hydrogens (tertiary/aromatic N) is 2. The van der Waals surface area contributed by atoms with E-state index in [0.717, 1.165) is 10.6 Å². The topological polar surface area (TPSA) is 36.1 Å². The summed E-state index contributed by atoms with van der Waals surface area (Å²) in [6.45, 7) is 0. The van der Waals surface area contributed by atoms with Crippen LogP contribution in [0.2, 0.25) is 0 Å². The summed E-state index contributed by atoms with van der Waals surface area (Å²) in [5.41, 5.74) is 0. The Hall–Kier alpha value is -1.62. The van der Waals surface area contributed by atoms with Crippen LogP contribution in [-0.4, -0.2) is 6.04 Å². The second kappa shape index (κ2) is 2.21. The number of rotatable bonds is 0. The Morgan fingerprint density at radius 2 is 2.18 bits per heavy atom. The maximum Gasteiger partial charge on any atom is 0.156 e. The van der Waals surface area contributed by atoms with Gasteiger partial charge >= 0.3 is 0 Å². The first-order chi connectivity index (χ1) is 5.40. The lowest BCUT2D eigenvalue weighted by atomic mass is 10.2. The maximum absolute atomic E-state index is 8.56. The van der Waals surface area contributed by atoms with E-state index in [-0.39, 0.29) is 6.04 Å². The molecule has 11 heavy (non-hydrogen) atoms. The number of nitriles is 1. The lowest BCUT2D eigenvalue weighted by Crippen LogP contribution is -2.19. The molecule has 2 nitrogen and oxygen atoms in total. The fourth-order valence-electron chi connectivity index (χ4n) is 1.17. The molecule has 1 heterocycles. The average Bonchev–Trinajstić information content (AvgIpc) is 2.46. The van der Waals surface area contributed by atoms with Crippen LogP contribution in [0.4, 0.5) is 0 Å². The molecule has 1 atom stereocenters. The molecule has 0 bridgehead atoms. The predicted molar refractivity (Wildman–Crippen MR) is 41.1 cm³/mol. The van der Waals surface area contributed by atoms with Crippen molar-refractivity contribution in [2.24, 2.45) is 4.99 Å². The lowest BCUT2D eigenvalue weighted by molar-refractivity contribution is 1.06. The minimum absolute atomic E-state index is 0.271. The molecule has 2 rings (SSSR count). The number of hydrogen-bond acceptors (Lipinski definition) is 2. The monoisotopic (exact) mass is 142 g/mol. The standard InChI is InChI=1S/C9H6N2/c10-6-8-5-7-3-1-2-4-9(7)11-8/h1-5,8H. The summed E-state index contributed by atoms with van der Waals surface area (Å²) in [5.74, 6) is 0. The Morgan fingerprint density at radius 1 is 1.36 bits per heavy atom. The molecule has 1 aliphatic rings. The number of fused-ring (bicyclic) bond motifs is 1. The molecule has 52 valence electrons. The number of para-hydroxylation sites is 1. The zero-order chi connectivity index (χ0) is 7.68. The normalized spacial score (nSPS) is 19.4. The number of hydrogen-bond donors (Lipinski definition) is 0. The minimum Gasteiger partial charge on any atom is -0.262 e. The third kappa shape index (κ3) is 0.908. The van der Waals surface area contributed by atoms with Gasteiger partial charge in [-0.15, -0.1) is 0 Å². The summed E-state index contributed by atoms with van der Waals surface area (Å²) in [5, 5.41) is 10.6. The molecule has 0 fully saturated rings. The molecular weight excluding hydrogens is 136 g/mol. The molecular formula is C9H6N2. The molecule has 0 radical (unpaired) electrons.